The fourth-order valence-electron chi connectivity index (χ4n) is 1.39. The van der Waals surface area contributed by atoms with Crippen LogP contribution in [-0.4, -0.2) is 36.2 Å². The topological polar surface area (TPSA) is 111 Å². The van der Waals surface area contributed by atoms with Gasteiger partial charge in [-0.25, -0.2) is 4.79 Å². The minimum Gasteiger partial charge on any atom is -0.464 e. The second-order valence-electron chi connectivity index (χ2n) is 4.87. The van der Waals surface area contributed by atoms with E-state index in [1.54, 1.807) is 0 Å². The van der Waals surface area contributed by atoms with Crippen LogP contribution in [0.2, 0.25) is 0 Å². The molecule has 116 valence electrons. The van der Waals surface area contributed by atoms with E-state index in [2.05, 4.69) is 4.98 Å². The van der Waals surface area contributed by atoms with Gasteiger partial charge in [0, 0.05) is 18.7 Å². The molecule has 0 aliphatic heterocycles. The van der Waals surface area contributed by atoms with Crippen molar-refractivity contribution in [2.24, 2.45) is 11.7 Å². The number of aromatic amines is 1. The summed E-state index contributed by atoms with van der Waals surface area (Å²) in [7, 11) is 0. The Balaban J connectivity index is 2.22. The van der Waals surface area contributed by atoms with Gasteiger partial charge in [-0.2, -0.15) is 0 Å². The number of esters is 2. The Morgan fingerprint density at radius 1 is 1.24 bits per heavy atom. The SMILES string of the molecule is CC(C)[C@H](N)C(=O)OCCCOC(=O)c1ccc(=O)[nH]c1. The van der Waals surface area contributed by atoms with E-state index in [0.29, 0.717) is 6.42 Å². The highest BCUT2D eigenvalue weighted by Crippen LogP contribution is 2.02. The third kappa shape index (κ3) is 5.78. The molecule has 0 radical (unpaired) electrons. The number of aromatic nitrogens is 1. The number of carbonyl (C=O) groups is 2. The molecule has 1 heterocycles. The molecule has 0 amide bonds. The van der Waals surface area contributed by atoms with Crippen molar-refractivity contribution < 1.29 is 19.1 Å². The number of H-pyrrole nitrogens is 1. The highest BCUT2D eigenvalue weighted by atomic mass is 16.5. The normalized spacial score (nSPS) is 12.0. The summed E-state index contributed by atoms with van der Waals surface area (Å²) >= 11 is 0. The molecule has 0 fully saturated rings. The highest BCUT2D eigenvalue weighted by Gasteiger charge is 2.18. The number of hydrogen-bond acceptors (Lipinski definition) is 6. The Bertz CT molecular complexity index is 518. The summed E-state index contributed by atoms with van der Waals surface area (Å²) in [4.78, 5) is 36.2. The summed E-state index contributed by atoms with van der Waals surface area (Å²) < 4.78 is 9.94. The molecule has 0 saturated carbocycles. The van der Waals surface area contributed by atoms with Crippen molar-refractivity contribution in [2.45, 2.75) is 26.3 Å². The average Bonchev–Trinajstić information content (AvgIpc) is 2.46. The Kier molecular flexibility index (Phi) is 6.61. The van der Waals surface area contributed by atoms with E-state index < -0.39 is 18.0 Å². The van der Waals surface area contributed by atoms with E-state index in [-0.39, 0.29) is 30.3 Å². The van der Waals surface area contributed by atoms with Gasteiger partial charge in [-0.05, 0) is 12.0 Å². The molecular weight excluding hydrogens is 276 g/mol. The third-order valence-corrected chi connectivity index (χ3v) is 2.78. The highest BCUT2D eigenvalue weighted by molar-refractivity contribution is 5.88. The lowest BCUT2D eigenvalue weighted by Gasteiger charge is -2.14. The first-order valence-corrected chi connectivity index (χ1v) is 6.70. The van der Waals surface area contributed by atoms with E-state index in [1.165, 1.54) is 18.3 Å². The molecule has 21 heavy (non-hydrogen) atoms. The maximum atomic E-state index is 11.6. The van der Waals surface area contributed by atoms with E-state index in [9.17, 15) is 14.4 Å². The molecule has 0 spiro atoms. The summed E-state index contributed by atoms with van der Waals surface area (Å²) in [5, 5.41) is 0. The second-order valence-corrected chi connectivity index (χ2v) is 4.87. The Labute approximate surface area is 122 Å². The van der Waals surface area contributed by atoms with Gasteiger partial charge >= 0.3 is 11.9 Å². The van der Waals surface area contributed by atoms with Gasteiger partial charge in [0.05, 0.1) is 18.8 Å². The summed E-state index contributed by atoms with van der Waals surface area (Å²) in [6.07, 6.45) is 1.66. The smallest absolute Gasteiger partial charge is 0.339 e. The second kappa shape index (κ2) is 8.21. The molecule has 3 N–H and O–H groups in total. The van der Waals surface area contributed by atoms with Gasteiger partial charge in [-0.15, -0.1) is 0 Å². The lowest BCUT2D eigenvalue weighted by Crippen LogP contribution is -2.37. The van der Waals surface area contributed by atoms with Crippen LogP contribution in [0.1, 0.15) is 30.6 Å². The van der Waals surface area contributed by atoms with Crippen LogP contribution in [0.4, 0.5) is 0 Å². The molecule has 1 atom stereocenters. The lowest BCUT2D eigenvalue weighted by atomic mass is 10.1. The first kappa shape index (κ1) is 16.9. The summed E-state index contributed by atoms with van der Waals surface area (Å²) in [5.41, 5.74) is 5.59. The molecule has 1 aromatic heterocycles. The first-order chi connectivity index (χ1) is 9.91. The molecule has 0 unspecified atom stereocenters. The van der Waals surface area contributed by atoms with E-state index in [1.807, 2.05) is 13.8 Å². The zero-order valence-corrected chi connectivity index (χ0v) is 12.1. The van der Waals surface area contributed by atoms with Crippen LogP contribution in [0.5, 0.6) is 0 Å². The molecule has 1 rings (SSSR count). The molecule has 0 aliphatic rings. The van der Waals surface area contributed by atoms with Crippen LogP contribution in [0, 0.1) is 5.92 Å². The van der Waals surface area contributed by atoms with E-state index >= 15 is 0 Å². The number of pyridine rings is 1. The molecule has 1 aromatic rings. The molecule has 0 aliphatic carbocycles. The van der Waals surface area contributed by atoms with Crippen LogP contribution in [-0.2, 0) is 14.3 Å². The zero-order valence-electron chi connectivity index (χ0n) is 12.1. The minimum atomic E-state index is -0.645. The molecule has 0 aromatic carbocycles. The fraction of sp³-hybridized carbons (Fsp3) is 0.500. The third-order valence-electron chi connectivity index (χ3n) is 2.78. The lowest BCUT2D eigenvalue weighted by molar-refractivity contribution is -0.146. The Hall–Kier alpha value is -2.15. The number of carbonyl (C=O) groups excluding carboxylic acids is 2. The summed E-state index contributed by atoms with van der Waals surface area (Å²) in [6, 6.07) is 1.97. The predicted octanol–water partition coefficient (Wildman–Crippen LogP) is 0.448. The summed E-state index contributed by atoms with van der Waals surface area (Å²) in [5.74, 6) is -0.996. The standard InChI is InChI=1S/C14H20N2O5/c1-9(2)12(15)14(19)21-7-3-6-20-13(18)10-4-5-11(17)16-8-10/h4-5,8-9,12H,3,6-7,15H2,1-2H3,(H,16,17)/t12-/m0/s1. The Morgan fingerprint density at radius 3 is 2.48 bits per heavy atom. The van der Waals surface area contributed by atoms with Crippen molar-refractivity contribution in [1.29, 1.82) is 0 Å². The van der Waals surface area contributed by atoms with Crippen LogP contribution in [0.25, 0.3) is 0 Å². The van der Waals surface area contributed by atoms with Crippen LogP contribution >= 0.6 is 0 Å². The molecule has 0 bridgehead atoms. The van der Waals surface area contributed by atoms with Gasteiger partial charge in [0.15, 0.2) is 0 Å². The van der Waals surface area contributed by atoms with Crippen LogP contribution in [0.15, 0.2) is 23.1 Å². The quantitative estimate of drug-likeness (QED) is 0.558. The maximum Gasteiger partial charge on any atom is 0.339 e. The molecule has 0 saturated heterocycles. The largest absolute Gasteiger partial charge is 0.464 e. The zero-order chi connectivity index (χ0) is 15.8. The number of rotatable bonds is 7. The van der Waals surface area contributed by atoms with E-state index in [0.717, 1.165) is 0 Å². The van der Waals surface area contributed by atoms with Crippen molar-refractivity contribution in [3.63, 3.8) is 0 Å². The number of hydrogen-bond donors (Lipinski definition) is 2. The van der Waals surface area contributed by atoms with Gasteiger partial charge in [0.2, 0.25) is 5.56 Å². The van der Waals surface area contributed by atoms with Gasteiger partial charge < -0.3 is 20.2 Å². The molecule has 7 heteroatoms. The number of nitrogens with two attached hydrogens (primary N) is 1. The number of ether oxygens (including phenoxy) is 2. The fourth-order valence-corrected chi connectivity index (χ4v) is 1.39. The predicted molar refractivity (Wildman–Crippen MR) is 75.7 cm³/mol. The summed E-state index contributed by atoms with van der Waals surface area (Å²) in [6.45, 7) is 3.91. The monoisotopic (exact) mass is 296 g/mol. The van der Waals surface area contributed by atoms with Crippen molar-refractivity contribution in [2.75, 3.05) is 13.2 Å². The average molecular weight is 296 g/mol. The van der Waals surface area contributed by atoms with Crippen molar-refractivity contribution >= 4 is 11.9 Å². The van der Waals surface area contributed by atoms with Crippen LogP contribution in [0.3, 0.4) is 0 Å². The first-order valence-electron chi connectivity index (χ1n) is 6.70. The minimum absolute atomic E-state index is 0.00978. The van der Waals surface area contributed by atoms with Crippen molar-refractivity contribution in [1.82, 2.24) is 4.98 Å². The molecular formula is C14H20N2O5. The van der Waals surface area contributed by atoms with Gasteiger partial charge in [-0.3, -0.25) is 9.59 Å². The van der Waals surface area contributed by atoms with Gasteiger partial charge in [-0.1, -0.05) is 13.8 Å². The Morgan fingerprint density at radius 2 is 1.90 bits per heavy atom. The van der Waals surface area contributed by atoms with Gasteiger partial charge in [0.1, 0.15) is 6.04 Å². The van der Waals surface area contributed by atoms with Gasteiger partial charge in [0.25, 0.3) is 0 Å². The van der Waals surface area contributed by atoms with Crippen LogP contribution < -0.4 is 11.3 Å². The number of nitrogens with one attached hydrogen (secondary N) is 1. The van der Waals surface area contributed by atoms with E-state index in [4.69, 9.17) is 15.2 Å². The molecule has 7 nitrogen and oxygen atoms in total. The van der Waals surface area contributed by atoms with Crippen molar-refractivity contribution in [3.05, 3.63) is 34.2 Å². The van der Waals surface area contributed by atoms with Crippen molar-refractivity contribution in [3.8, 4) is 0 Å². The maximum absolute atomic E-state index is 11.6.